The lowest BCUT2D eigenvalue weighted by Crippen LogP contribution is -2.42. The number of carbonyl (C=O) groups is 2. The number of carbonyl (C=O) groups excluding carboxylic acids is 2. The molecule has 0 saturated carbocycles. The van der Waals surface area contributed by atoms with Crippen molar-refractivity contribution in [2.75, 3.05) is 18.8 Å². The standard InChI is InChI=1S/C17H17F3N4O3S/c18-17(19,20)13-8-11(12-2-1-7-27-12)22-16(23-13)28-9-14(25)24-5-3-10(4-6-24)15(21)26/h1-2,7-8,10H,3-6,9H2,(H2,21,26). The average molecular weight is 414 g/mol. The molecule has 2 amide bonds. The number of nitrogens with two attached hydrogens (primary N) is 1. The van der Waals surface area contributed by atoms with Gasteiger partial charge in [-0.3, -0.25) is 9.59 Å². The predicted octanol–water partition coefficient (Wildman–Crippen LogP) is 2.57. The van der Waals surface area contributed by atoms with Crippen LogP contribution in [0.25, 0.3) is 11.5 Å². The van der Waals surface area contributed by atoms with E-state index in [0.717, 1.165) is 17.8 Å². The fourth-order valence-corrected chi connectivity index (χ4v) is 3.58. The Kier molecular flexibility index (Phi) is 5.92. The van der Waals surface area contributed by atoms with E-state index in [1.165, 1.54) is 18.4 Å². The zero-order valence-electron chi connectivity index (χ0n) is 14.6. The molecule has 2 aromatic rings. The van der Waals surface area contributed by atoms with Crippen LogP contribution in [-0.4, -0.2) is 45.5 Å². The lowest BCUT2D eigenvalue weighted by atomic mass is 9.96. The fourth-order valence-electron chi connectivity index (χ4n) is 2.82. The van der Waals surface area contributed by atoms with E-state index in [2.05, 4.69) is 9.97 Å². The van der Waals surface area contributed by atoms with Crippen LogP contribution in [0.2, 0.25) is 0 Å². The number of halogens is 3. The van der Waals surface area contributed by atoms with Gasteiger partial charge in [0.25, 0.3) is 0 Å². The minimum Gasteiger partial charge on any atom is -0.463 e. The first-order chi connectivity index (χ1) is 13.2. The molecule has 0 bridgehead atoms. The third-order valence-electron chi connectivity index (χ3n) is 4.34. The molecule has 2 aromatic heterocycles. The van der Waals surface area contributed by atoms with Gasteiger partial charge in [-0.25, -0.2) is 9.97 Å². The molecular formula is C17H17F3N4O3S. The van der Waals surface area contributed by atoms with E-state index in [9.17, 15) is 22.8 Å². The van der Waals surface area contributed by atoms with Gasteiger partial charge in [0.05, 0.1) is 12.0 Å². The van der Waals surface area contributed by atoms with Gasteiger partial charge in [-0.05, 0) is 31.0 Å². The summed E-state index contributed by atoms with van der Waals surface area (Å²) in [5.41, 5.74) is 4.15. The topological polar surface area (TPSA) is 102 Å². The molecule has 0 spiro atoms. The Hall–Kier alpha value is -2.56. The third kappa shape index (κ3) is 4.83. The van der Waals surface area contributed by atoms with Crippen molar-refractivity contribution >= 4 is 23.6 Å². The summed E-state index contributed by atoms with van der Waals surface area (Å²) in [5, 5.41) is -0.165. The van der Waals surface area contributed by atoms with Gasteiger partial charge >= 0.3 is 6.18 Å². The van der Waals surface area contributed by atoms with Gasteiger partial charge in [0.1, 0.15) is 11.4 Å². The number of hydrogen-bond acceptors (Lipinski definition) is 6. The van der Waals surface area contributed by atoms with Crippen LogP contribution in [0.5, 0.6) is 0 Å². The summed E-state index contributed by atoms with van der Waals surface area (Å²) in [4.78, 5) is 32.7. The number of nitrogens with zero attached hydrogens (tertiary/aromatic N) is 3. The van der Waals surface area contributed by atoms with Gasteiger partial charge in [-0.15, -0.1) is 0 Å². The van der Waals surface area contributed by atoms with E-state index in [-0.39, 0.29) is 40.1 Å². The predicted molar refractivity (Wildman–Crippen MR) is 94.0 cm³/mol. The minimum absolute atomic E-state index is 0.00968. The number of amides is 2. The molecule has 1 fully saturated rings. The van der Waals surface area contributed by atoms with Crippen LogP contribution < -0.4 is 5.73 Å². The van der Waals surface area contributed by atoms with E-state index < -0.39 is 11.9 Å². The summed E-state index contributed by atoms with van der Waals surface area (Å²) in [6.45, 7) is 0.766. The van der Waals surface area contributed by atoms with E-state index in [1.807, 2.05) is 0 Å². The maximum atomic E-state index is 13.1. The first-order valence-electron chi connectivity index (χ1n) is 8.44. The summed E-state index contributed by atoms with van der Waals surface area (Å²) < 4.78 is 44.5. The normalized spacial score (nSPS) is 15.6. The summed E-state index contributed by atoms with van der Waals surface area (Å²) in [5.74, 6) is -0.827. The molecule has 3 heterocycles. The van der Waals surface area contributed by atoms with Crippen LogP contribution in [0, 0.1) is 5.92 Å². The Morgan fingerprint density at radius 1 is 1.29 bits per heavy atom. The number of thioether (sulfide) groups is 1. The highest BCUT2D eigenvalue weighted by atomic mass is 32.2. The summed E-state index contributed by atoms with van der Waals surface area (Å²) in [6.07, 6.45) is -2.36. The van der Waals surface area contributed by atoms with Gasteiger partial charge in [0.15, 0.2) is 10.9 Å². The first-order valence-corrected chi connectivity index (χ1v) is 9.42. The van der Waals surface area contributed by atoms with Crippen LogP contribution >= 0.6 is 11.8 Å². The van der Waals surface area contributed by atoms with E-state index in [1.54, 1.807) is 4.90 Å². The van der Waals surface area contributed by atoms with Crippen molar-refractivity contribution in [2.24, 2.45) is 11.7 Å². The zero-order chi connectivity index (χ0) is 20.3. The molecule has 0 aromatic carbocycles. The largest absolute Gasteiger partial charge is 0.463 e. The maximum absolute atomic E-state index is 13.1. The molecule has 0 atom stereocenters. The van der Waals surface area contributed by atoms with Crippen molar-refractivity contribution in [1.29, 1.82) is 0 Å². The Bertz CT molecular complexity index is 850. The molecule has 0 radical (unpaired) electrons. The van der Waals surface area contributed by atoms with E-state index in [0.29, 0.717) is 25.9 Å². The van der Waals surface area contributed by atoms with E-state index in [4.69, 9.17) is 10.2 Å². The average Bonchev–Trinajstić information content (AvgIpc) is 3.20. The molecule has 3 rings (SSSR count). The van der Waals surface area contributed by atoms with E-state index >= 15 is 0 Å². The highest BCUT2D eigenvalue weighted by molar-refractivity contribution is 7.99. The molecule has 0 aliphatic carbocycles. The number of aromatic nitrogens is 2. The minimum atomic E-state index is -4.65. The second kappa shape index (κ2) is 8.21. The number of rotatable bonds is 5. The number of primary amides is 1. The van der Waals surface area contributed by atoms with Crippen molar-refractivity contribution in [3.63, 3.8) is 0 Å². The molecule has 150 valence electrons. The Labute approximate surface area is 162 Å². The first kappa shape index (κ1) is 20.2. The SMILES string of the molecule is NC(=O)C1CCN(C(=O)CSc2nc(-c3ccco3)cc(C(F)(F)F)n2)CC1. The summed E-state index contributed by atoms with van der Waals surface area (Å²) in [6, 6.07) is 3.83. The fraction of sp³-hybridized carbons (Fsp3) is 0.412. The molecule has 2 N–H and O–H groups in total. The Morgan fingerprint density at radius 2 is 2.00 bits per heavy atom. The lowest BCUT2D eigenvalue weighted by molar-refractivity contribution is -0.141. The zero-order valence-corrected chi connectivity index (χ0v) is 15.4. The molecule has 1 aliphatic heterocycles. The molecule has 0 unspecified atom stereocenters. The molecule has 1 saturated heterocycles. The van der Waals surface area contributed by atoms with Gasteiger partial charge in [0, 0.05) is 19.0 Å². The second-order valence-corrected chi connectivity index (χ2v) is 7.18. The second-order valence-electron chi connectivity index (χ2n) is 6.24. The van der Waals surface area contributed by atoms with Gasteiger partial charge in [0.2, 0.25) is 11.8 Å². The van der Waals surface area contributed by atoms with Gasteiger partial charge < -0.3 is 15.1 Å². The summed E-state index contributed by atoms with van der Waals surface area (Å²) >= 11 is 0.824. The maximum Gasteiger partial charge on any atom is 0.433 e. The van der Waals surface area contributed by atoms with Crippen LogP contribution in [0.3, 0.4) is 0 Å². The quantitative estimate of drug-likeness (QED) is 0.596. The molecule has 7 nitrogen and oxygen atoms in total. The van der Waals surface area contributed by atoms with Gasteiger partial charge in [-0.1, -0.05) is 11.8 Å². The van der Waals surface area contributed by atoms with Crippen LogP contribution in [-0.2, 0) is 15.8 Å². The highest BCUT2D eigenvalue weighted by Gasteiger charge is 2.34. The van der Waals surface area contributed by atoms with Crippen molar-refractivity contribution in [2.45, 2.75) is 24.2 Å². The van der Waals surface area contributed by atoms with Crippen molar-refractivity contribution in [1.82, 2.24) is 14.9 Å². The molecule has 1 aliphatic rings. The van der Waals surface area contributed by atoms with Crippen molar-refractivity contribution in [3.05, 3.63) is 30.2 Å². The Morgan fingerprint density at radius 3 is 2.57 bits per heavy atom. The molecular weight excluding hydrogens is 397 g/mol. The van der Waals surface area contributed by atoms with Crippen LogP contribution in [0.15, 0.2) is 34.0 Å². The molecule has 11 heteroatoms. The number of hydrogen-bond donors (Lipinski definition) is 1. The Balaban J connectivity index is 1.69. The number of piperidine rings is 1. The smallest absolute Gasteiger partial charge is 0.433 e. The van der Waals surface area contributed by atoms with Gasteiger partial charge in [-0.2, -0.15) is 13.2 Å². The number of furan rings is 1. The monoisotopic (exact) mass is 414 g/mol. The number of likely N-dealkylation sites (tertiary alicyclic amines) is 1. The van der Waals surface area contributed by atoms with Crippen LogP contribution in [0.4, 0.5) is 13.2 Å². The number of alkyl halides is 3. The van der Waals surface area contributed by atoms with Crippen molar-refractivity contribution < 1.29 is 27.2 Å². The van der Waals surface area contributed by atoms with Crippen LogP contribution in [0.1, 0.15) is 18.5 Å². The molecule has 28 heavy (non-hydrogen) atoms. The highest BCUT2D eigenvalue weighted by Crippen LogP contribution is 2.32. The summed E-state index contributed by atoms with van der Waals surface area (Å²) in [7, 11) is 0. The third-order valence-corrected chi connectivity index (χ3v) is 5.18. The lowest BCUT2D eigenvalue weighted by Gasteiger charge is -2.30. The van der Waals surface area contributed by atoms with Crippen molar-refractivity contribution in [3.8, 4) is 11.5 Å².